The van der Waals surface area contributed by atoms with Gasteiger partial charge in [0.15, 0.2) is 0 Å². The molecule has 0 aliphatic heterocycles. The summed E-state index contributed by atoms with van der Waals surface area (Å²) < 4.78 is 7.84. The van der Waals surface area contributed by atoms with E-state index in [1.807, 2.05) is 12.1 Å². The van der Waals surface area contributed by atoms with Crippen LogP contribution >= 0.6 is 0 Å². The number of hydrogen-bond donors (Lipinski definition) is 1. The summed E-state index contributed by atoms with van der Waals surface area (Å²) in [5, 5.41) is 6.53. The van der Waals surface area contributed by atoms with Gasteiger partial charge in [0.05, 0.1) is 11.8 Å². The molecule has 4 rings (SSSR count). The van der Waals surface area contributed by atoms with Gasteiger partial charge in [0.2, 0.25) is 0 Å². The highest BCUT2D eigenvalue weighted by Crippen LogP contribution is 2.29. The van der Waals surface area contributed by atoms with Crippen molar-refractivity contribution in [3.8, 4) is 5.75 Å². The van der Waals surface area contributed by atoms with Crippen molar-refractivity contribution in [2.24, 2.45) is 5.10 Å². The zero-order valence-electron chi connectivity index (χ0n) is 16.8. The Kier molecular flexibility index (Phi) is 5.61. The summed E-state index contributed by atoms with van der Waals surface area (Å²) in [5.41, 5.74) is 6.33. The van der Waals surface area contributed by atoms with Crippen LogP contribution in [0.25, 0.3) is 21.8 Å². The number of benzene rings is 3. The Bertz CT molecular complexity index is 1250. The quantitative estimate of drug-likeness (QED) is 0.267. The van der Waals surface area contributed by atoms with Crippen molar-refractivity contribution in [1.29, 1.82) is 0 Å². The van der Waals surface area contributed by atoms with Crippen LogP contribution in [0.15, 0.2) is 84.5 Å². The maximum Gasteiger partial charge on any atom is 0.275 e. The van der Waals surface area contributed by atoms with E-state index >= 15 is 0 Å². The second kappa shape index (κ2) is 8.66. The summed E-state index contributed by atoms with van der Waals surface area (Å²) in [6.07, 6.45) is 3.29. The van der Waals surface area contributed by atoms with Crippen LogP contribution < -0.4 is 10.2 Å². The van der Waals surface area contributed by atoms with Crippen molar-refractivity contribution in [1.82, 2.24) is 9.99 Å². The van der Waals surface area contributed by atoms with Crippen molar-refractivity contribution >= 4 is 33.9 Å². The molecule has 30 heavy (non-hydrogen) atoms. The predicted molar refractivity (Wildman–Crippen MR) is 122 cm³/mol. The molecule has 0 saturated heterocycles. The minimum absolute atomic E-state index is 0.324. The zero-order valence-corrected chi connectivity index (χ0v) is 16.8. The smallest absolute Gasteiger partial charge is 0.275 e. The zero-order chi connectivity index (χ0) is 20.9. The molecule has 150 valence electrons. The fourth-order valence-electron chi connectivity index (χ4n) is 3.65. The molecule has 5 heteroatoms. The lowest BCUT2D eigenvalue weighted by atomic mass is 10.1. The third-order valence-electron chi connectivity index (χ3n) is 4.98. The van der Waals surface area contributed by atoms with Crippen molar-refractivity contribution < 1.29 is 9.53 Å². The molecule has 0 saturated carbocycles. The van der Waals surface area contributed by atoms with Crippen LogP contribution in [0.5, 0.6) is 5.75 Å². The Morgan fingerprint density at radius 2 is 1.83 bits per heavy atom. The Labute approximate surface area is 175 Å². The first-order valence-corrected chi connectivity index (χ1v) is 9.90. The lowest BCUT2D eigenvalue weighted by Crippen LogP contribution is -2.18. The molecule has 1 heterocycles. The van der Waals surface area contributed by atoms with E-state index in [1.54, 1.807) is 30.5 Å². The number of rotatable bonds is 7. The molecule has 3 aromatic carbocycles. The summed E-state index contributed by atoms with van der Waals surface area (Å²) >= 11 is 0. The number of aromatic nitrogens is 1. The van der Waals surface area contributed by atoms with Crippen molar-refractivity contribution in [2.45, 2.75) is 13.5 Å². The number of nitrogens with zero attached hydrogens (tertiary/aromatic N) is 2. The number of ether oxygens (including phenoxy) is 1. The molecule has 1 N–H and O–H groups in total. The van der Waals surface area contributed by atoms with E-state index in [0.717, 1.165) is 12.1 Å². The molecule has 0 fully saturated rings. The Morgan fingerprint density at radius 1 is 1.07 bits per heavy atom. The normalized spacial score (nSPS) is 11.2. The molecular formula is C25H23N3O2. The molecule has 1 aromatic heterocycles. The van der Waals surface area contributed by atoms with E-state index in [0.29, 0.717) is 17.9 Å². The molecule has 0 bridgehead atoms. The van der Waals surface area contributed by atoms with E-state index in [-0.39, 0.29) is 5.91 Å². The number of carbonyl (C=O) groups excluding carboxylic acids is 1. The van der Waals surface area contributed by atoms with Gasteiger partial charge in [-0.3, -0.25) is 4.79 Å². The largest absolute Gasteiger partial charge is 0.489 e. The van der Waals surface area contributed by atoms with Crippen molar-refractivity contribution in [3.05, 3.63) is 90.5 Å². The fourth-order valence-corrected chi connectivity index (χ4v) is 3.65. The summed E-state index contributed by atoms with van der Waals surface area (Å²) in [6.45, 7) is 7.01. The third kappa shape index (κ3) is 3.70. The average Bonchev–Trinajstić information content (AvgIpc) is 3.11. The molecule has 0 unspecified atom stereocenters. The molecule has 0 aliphatic rings. The van der Waals surface area contributed by atoms with Crippen LogP contribution in [0.4, 0.5) is 0 Å². The number of amides is 1. The SMILES string of the molecule is C=CCOc1ccccc1C(=O)N/N=C/c1ccc2c(c1)c1ccccc1n2CC. The first-order chi connectivity index (χ1) is 14.7. The van der Waals surface area contributed by atoms with Gasteiger partial charge in [-0.1, -0.05) is 49.1 Å². The summed E-state index contributed by atoms with van der Waals surface area (Å²) in [5.74, 6) is 0.175. The number of fused-ring (bicyclic) bond motifs is 3. The van der Waals surface area contributed by atoms with Gasteiger partial charge in [-0.2, -0.15) is 5.10 Å². The second-order valence-corrected chi connectivity index (χ2v) is 6.83. The third-order valence-corrected chi connectivity index (χ3v) is 4.98. The lowest BCUT2D eigenvalue weighted by molar-refractivity contribution is 0.0951. The molecule has 5 nitrogen and oxygen atoms in total. The minimum atomic E-state index is -0.324. The van der Waals surface area contributed by atoms with E-state index in [2.05, 4.69) is 65.0 Å². The minimum Gasteiger partial charge on any atom is -0.489 e. The molecule has 0 aliphatic carbocycles. The van der Waals surface area contributed by atoms with Gasteiger partial charge in [-0.25, -0.2) is 5.43 Å². The highest BCUT2D eigenvalue weighted by atomic mass is 16.5. The van der Waals surface area contributed by atoms with Crippen molar-refractivity contribution in [3.63, 3.8) is 0 Å². The Morgan fingerprint density at radius 3 is 2.67 bits per heavy atom. The molecule has 0 radical (unpaired) electrons. The number of aryl methyl sites for hydroxylation is 1. The summed E-state index contributed by atoms with van der Waals surface area (Å²) in [6, 6.07) is 21.6. The highest BCUT2D eigenvalue weighted by molar-refractivity contribution is 6.09. The number of hydrazone groups is 1. The topological polar surface area (TPSA) is 55.6 Å². The standard InChI is InChI=1S/C25H23N3O2/c1-3-15-30-24-12-8-6-10-20(24)25(29)27-26-17-18-13-14-23-21(16-18)19-9-5-7-11-22(19)28(23)4-2/h3,5-14,16-17H,1,4,15H2,2H3,(H,27,29)/b26-17+. The first-order valence-electron chi connectivity index (χ1n) is 9.90. The lowest BCUT2D eigenvalue weighted by Gasteiger charge is -2.08. The average molecular weight is 397 g/mol. The first kappa shape index (κ1) is 19.5. The summed E-state index contributed by atoms with van der Waals surface area (Å²) in [7, 11) is 0. The van der Waals surface area contributed by atoms with Crippen LogP contribution in [0.3, 0.4) is 0 Å². The summed E-state index contributed by atoms with van der Waals surface area (Å²) in [4.78, 5) is 12.5. The maximum absolute atomic E-state index is 12.5. The van der Waals surface area contributed by atoms with Crippen LogP contribution in [0.2, 0.25) is 0 Å². The molecule has 0 atom stereocenters. The van der Waals surface area contributed by atoms with E-state index < -0.39 is 0 Å². The van der Waals surface area contributed by atoms with Crippen molar-refractivity contribution in [2.75, 3.05) is 6.61 Å². The van der Waals surface area contributed by atoms with Crippen LogP contribution in [-0.2, 0) is 6.54 Å². The number of hydrogen-bond acceptors (Lipinski definition) is 3. The molecule has 1 amide bonds. The number of carbonyl (C=O) groups is 1. The Hall–Kier alpha value is -3.86. The molecule has 4 aromatic rings. The predicted octanol–water partition coefficient (Wildman–Crippen LogP) is 5.14. The van der Waals surface area contributed by atoms with Gasteiger partial charge in [-0.15, -0.1) is 0 Å². The Balaban J connectivity index is 1.57. The van der Waals surface area contributed by atoms with Gasteiger partial charge < -0.3 is 9.30 Å². The number of nitrogens with one attached hydrogen (secondary N) is 1. The van der Waals surface area contributed by atoms with Gasteiger partial charge in [-0.05, 0) is 42.8 Å². The van der Waals surface area contributed by atoms with Gasteiger partial charge in [0.25, 0.3) is 5.91 Å². The fraction of sp³-hybridized carbons (Fsp3) is 0.120. The molecular weight excluding hydrogens is 374 g/mol. The maximum atomic E-state index is 12.5. The van der Waals surface area contributed by atoms with Gasteiger partial charge in [0.1, 0.15) is 12.4 Å². The van der Waals surface area contributed by atoms with Crippen LogP contribution in [0, 0.1) is 0 Å². The van der Waals surface area contributed by atoms with Gasteiger partial charge in [0, 0.05) is 28.4 Å². The number of para-hydroxylation sites is 2. The highest BCUT2D eigenvalue weighted by Gasteiger charge is 2.11. The van der Waals surface area contributed by atoms with Gasteiger partial charge >= 0.3 is 0 Å². The monoisotopic (exact) mass is 397 g/mol. The second-order valence-electron chi connectivity index (χ2n) is 6.83. The van der Waals surface area contributed by atoms with E-state index in [1.165, 1.54) is 21.8 Å². The van der Waals surface area contributed by atoms with E-state index in [9.17, 15) is 4.79 Å². The molecule has 0 spiro atoms. The van der Waals surface area contributed by atoms with E-state index in [4.69, 9.17) is 4.74 Å². The van der Waals surface area contributed by atoms with Crippen LogP contribution in [-0.4, -0.2) is 23.3 Å². The van der Waals surface area contributed by atoms with Crippen LogP contribution in [0.1, 0.15) is 22.8 Å².